The van der Waals surface area contributed by atoms with Crippen molar-refractivity contribution >= 4 is 11.0 Å². The standard InChI is InChI=1S/C12H13FN2.C2H6/c1-3-8-5-10(13)12-11(6-8)14-7-9(4-2)15-12;1-2/h5-7H,3-4H2,1-2H3;1-2H3. The SMILES string of the molecule is CC.CCc1cc(F)c2nc(CC)cnc2c1. The lowest BCUT2D eigenvalue weighted by Crippen LogP contribution is -1.95. The van der Waals surface area contributed by atoms with Crippen molar-refractivity contribution in [2.24, 2.45) is 0 Å². The van der Waals surface area contributed by atoms with Crippen LogP contribution in [0.3, 0.4) is 0 Å². The molecule has 1 aromatic carbocycles. The van der Waals surface area contributed by atoms with E-state index in [1.165, 1.54) is 6.07 Å². The van der Waals surface area contributed by atoms with Crippen molar-refractivity contribution in [3.63, 3.8) is 0 Å². The number of halogens is 1. The Labute approximate surface area is 102 Å². The lowest BCUT2D eigenvalue weighted by atomic mass is 10.1. The molecular formula is C14H19FN2. The molecule has 0 aliphatic carbocycles. The summed E-state index contributed by atoms with van der Waals surface area (Å²) in [7, 11) is 0. The Morgan fingerprint density at radius 2 is 1.82 bits per heavy atom. The highest BCUT2D eigenvalue weighted by Gasteiger charge is 2.06. The Hall–Kier alpha value is -1.51. The molecule has 0 unspecified atom stereocenters. The molecule has 0 amide bonds. The molecule has 0 saturated heterocycles. The molecule has 0 aliphatic heterocycles. The lowest BCUT2D eigenvalue weighted by molar-refractivity contribution is 0.633. The van der Waals surface area contributed by atoms with Crippen molar-refractivity contribution < 1.29 is 4.39 Å². The molecule has 0 atom stereocenters. The third kappa shape index (κ3) is 2.99. The van der Waals surface area contributed by atoms with Crippen molar-refractivity contribution in [3.8, 4) is 0 Å². The van der Waals surface area contributed by atoms with E-state index in [2.05, 4.69) is 9.97 Å². The van der Waals surface area contributed by atoms with Crippen LogP contribution < -0.4 is 0 Å². The van der Waals surface area contributed by atoms with Gasteiger partial charge >= 0.3 is 0 Å². The van der Waals surface area contributed by atoms with E-state index in [0.29, 0.717) is 11.0 Å². The Morgan fingerprint density at radius 3 is 2.41 bits per heavy atom. The Balaban J connectivity index is 0.000000686. The van der Waals surface area contributed by atoms with Gasteiger partial charge in [0.2, 0.25) is 0 Å². The van der Waals surface area contributed by atoms with Crippen LogP contribution in [0.1, 0.15) is 39.0 Å². The number of aryl methyl sites for hydroxylation is 2. The van der Waals surface area contributed by atoms with Crippen LogP contribution in [0.4, 0.5) is 4.39 Å². The van der Waals surface area contributed by atoms with Crippen molar-refractivity contribution in [1.82, 2.24) is 9.97 Å². The third-order valence-corrected chi connectivity index (χ3v) is 2.48. The molecule has 92 valence electrons. The average molecular weight is 234 g/mol. The molecule has 0 fully saturated rings. The molecule has 2 rings (SSSR count). The molecule has 0 radical (unpaired) electrons. The summed E-state index contributed by atoms with van der Waals surface area (Å²) >= 11 is 0. The largest absolute Gasteiger partial charge is 0.253 e. The zero-order chi connectivity index (χ0) is 12.8. The van der Waals surface area contributed by atoms with Gasteiger partial charge in [0.15, 0.2) is 5.82 Å². The fourth-order valence-electron chi connectivity index (χ4n) is 1.54. The third-order valence-electron chi connectivity index (χ3n) is 2.48. The summed E-state index contributed by atoms with van der Waals surface area (Å²) in [6.07, 6.45) is 3.29. The van der Waals surface area contributed by atoms with Crippen molar-refractivity contribution in [1.29, 1.82) is 0 Å². The van der Waals surface area contributed by atoms with E-state index in [0.717, 1.165) is 24.1 Å². The average Bonchev–Trinajstić information content (AvgIpc) is 2.40. The second-order valence-corrected chi connectivity index (χ2v) is 3.51. The van der Waals surface area contributed by atoms with E-state index >= 15 is 0 Å². The molecule has 1 aromatic heterocycles. The van der Waals surface area contributed by atoms with Gasteiger partial charge < -0.3 is 0 Å². The first-order valence-electron chi connectivity index (χ1n) is 6.18. The van der Waals surface area contributed by atoms with Gasteiger partial charge in [-0.3, -0.25) is 4.98 Å². The quantitative estimate of drug-likeness (QED) is 0.787. The van der Waals surface area contributed by atoms with E-state index in [4.69, 9.17) is 0 Å². The van der Waals surface area contributed by atoms with Crippen LogP contribution in [0.25, 0.3) is 11.0 Å². The predicted octanol–water partition coefficient (Wildman–Crippen LogP) is 3.92. The molecule has 0 N–H and O–H groups in total. The van der Waals surface area contributed by atoms with E-state index in [9.17, 15) is 4.39 Å². The molecule has 0 bridgehead atoms. The second-order valence-electron chi connectivity index (χ2n) is 3.51. The van der Waals surface area contributed by atoms with Crippen LogP contribution in [-0.2, 0) is 12.8 Å². The molecule has 3 heteroatoms. The van der Waals surface area contributed by atoms with Gasteiger partial charge in [-0.25, -0.2) is 9.37 Å². The summed E-state index contributed by atoms with van der Waals surface area (Å²) in [5, 5.41) is 0. The predicted molar refractivity (Wildman–Crippen MR) is 69.6 cm³/mol. The van der Waals surface area contributed by atoms with Crippen LogP contribution in [0.15, 0.2) is 18.3 Å². The first-order valence-corrected chi connectivity index (χ1v) is 6.18. The number of fused-ring (bicyclic) bond motifs is 1. The molecule has 0 saturated carbocycles. The number of hydrogen-bond acceptors (Lipinski definition) is 2. The smallest absolute Gasteiger partial charge is 0.151 e. The van der Waals surface area contributed by atoms with Crippen molar-refractivity contribution in [2.45, 2.75) is 40.5 Å². The van der Waals surface area contributed by atoms with Crippen LogP contribution in [-0.4, -0.2) is 9.97 Å². The van der Waals surface area contributed by atoms with Gasteiger partial charge in [-0.1, -0.05) is 27.7 Å². The van der Waals surface area contributed by atoms with Gasteiger partial charge in [-0.05, 0) is 30.5 Å². The zero-order valence-corrected chi connectivity index (χ0v) is 10.9. The van der Waals surface area contributed by atoms with Gasteiger partial charge in [0.1, 0.15) is 5.52 Å². The minimum Gasteiger partial charge on any atom is -0.253 e. The van der Waals surface area contributed by atoms with Gasteiger partial charge in [0.25, 0.3) is 0 Å². The van der Waals surface area contributed by atoms with Gasteiger partial charge in [0.05, 0.1) is 11.2 Å². The van der Waals surface area contributed by atoms with Gasteiger partial charge in [-0.2, -0.15) is 0 Å². The number of benzene rings is 1. The second kappa shape index (κ2) is 6.28. The topological polar surface area (TPSA) is 25.8 Å². The van der Waals surface area contributed by atoms with Gasteiger partial charge in [0, 0.05) is 6.20 Å². The molecule has 1 heterocycles. The number of aromatic nitrogens is 2. The first-order chi connectivity index (χ1) is 8.24. The minimum absolute atomic E-state index is 0.271. The van der Waals surface area contributed by atoms with E-state index in [-0.39, 0.29) is 5.82 Å². The van der Waals surface area contributed by atoms with Crippen LogP contribution in [0.2, 0.25) is 0 Å². The van der Waals surface area contributed by atoms with Crippen molar-refractivity contribution in [3.05, 3.63) is 35.4 Å². The summed E-state index contributed by atoms with van der Waals surface area (Å²) in [5.41, 5.74) is 2.81. The maximum atomic E-state index is 13.6. The summed E-state index contributed by atoms with van der Waals surface area (Å²) in [6.45, 7) is 7.97. The zero-order valence-electron chi connectivity index (χ0n) is 10.9. The number of rotatable bonds is 2. The Kier molecular flexibility index (Phi) is 5.01. The molecule has 0 spiro atoms. The van der Waals surface area contributed by atoms with Gasteiger partial charge in [-0.15, -0.1) is 0 Å². The Morgan fingerprint density at radius 1 is 1.12 bits per heavy atom. The van der Waals surface area contributed by atoms with E-state index < -0.39 is 0 Å². The highest BCUT2D eigenvalue weighted by molar-refractivity contribution is 5.75. The van der Waals surface area contributed by atoms with Crippen LogP contribution in [0.5, 0.6) is 0 Å². The summed E-state index contributed by atoms with van der Waals surface area (Å²) in [4.78, 5) is 8.45. The summed E-state index contributed by atoms with van der Waals surface area (Å²) < 4.78 is 13.6. The molecular weight excluding hydrogens is 215 g/mol. The van der Waals surface area contributed by atoms with Crippen molar-refractivity contribution in [2.75, 3.05) is 0 Å². The minimum atomic E-state index is -0.271. The molecule has 0 aliphatic rings. The summed E-state index contributed by atoms with van der Waals surface area (Å²) in [6, 6.07) is 3.43. The lowest BCUT2D eigenvalue weighted by Gasteiger charge is -2.03. The molecule has 2 nitrogen and oxygen atoms in total. The maximum Gasteiger partial charge on any atom is 0.151 e. The number of hydrogen-bond donors (Lipinski definition) is 0. The van der Waals surface area contributed by atoms with Crippen LogP contribution in [0, 0.1) is 5.82 Å². The summed E-state index contributed by atoms with van der Waals surface area (Å²) in [5.74, 6) is -0.271. The monoisotopic (exact) mass is 234 g/mol. The molecule has 2 aromatic rings. The number of nitrogens with zero attached hydrogens (tertiary/aromatic N) is 2. The van der Waals surface area contributed by atoms with Crippen LogP contribution >= 0.6 is 0 Å². The first kappa shape index (κ1) is 13.6. The van der Waals surface area contributed by atoms with E-state index in [1.807, 2.05) is 33.8 Å². The Bertz CT molecular complexity index is 495. The van der Waals surface area contributed by atoms with E-state index in [1.54, 1.807) is 6.20 Å². The highest BCUT2D eigenvalue weighted by atomic mass is 19.1. The maximum absolute atomic E-state index is 13.6. The fraction of sp³-hybridized carbons (Fsp3) is 0.429. The normalized spacial score (nSPS) is 9.94. The fourth-order valence-corrected chi connectivity index (χ4v) is 1.54. The highest BCUT2D eigenvalue weighted by Crippen LogP contribution is 2.17. The molecule has 17 heavy (non-hydrogen) atoms.